The van der Waals surface area contributed by atoms with Gasteiger partial charge in [-0.3, -0.25) is 9.59 Å². The van der Waals surface area contributed by atoms with Crippen molar-refractivity contribution in [2.45, 2.75) is 20.0 Å². The average Bonchev–Trinajstić information content (AvgIpc) is 2.77. The van der Waals surface area contributed by atoms with Crippen molar-refractivity contribution >= 4 is 11.8 Å². The van der Waals surface area contributed by atoms with E-state index in [9.17, 15) is 14.0 Å². The van der Waals surface area contributed by atoms with Gasteiger partial charge < -0.3 is 10.2 Å². The van der Waals surface area contributed by atoms with E-state index in [4.69, 9.17) is 0 Å². The Labute approximate surface area is 169 Å². The Balaban J connectivity index is 1.69. The number of benzene rings is 2. The normalized spacial score (nSPS) is 10.4. The van der Waals surface area contributed by atoms with Crippen LogP contribution in [0, 0.1) is 5.82 Å². The van der Waals surface area contributed by atoms with Crippen LogP contribution in [0.25, 0.3) is 0 Å². The van der Waals surface area contributed by atoms with E-state index in [0.29, 0.717) is 18.7 Å². The van der Waals surface area contributed by atoms with Crippen LogP contribution in [-0.4, -0.2) is 28.2 Å². The van der Waals surface area contributed by atoms with Crippen molar-refractivity contribution in [3.63, 3.8) is 0 Å². The Bertz CT molecular complexity index is 992. The third-order valence-corrected chi connectivity index (χ3v) is 4.48. The minimum absolute atomic E-state index is 0.0421. The lowest BCUT2D eigenvalue weighted by Crippen LogP contribution is -2.32. The summed E-state index contributed by atoms with van der Waals surface area (Å²) in [6.45, 7) is 2.91. The van der Waals surface area contributed by atoms with Crippen molar-refractivity contribution in [3.05, 3.63) is 101 Å². The van der Waals surface area contributed by atoms with Crippen LogP contribution >= 0.6 is 0 Å². The molecular formula is C23H22FN3O2. The monoisotopic (exact) mass is 391 g/mol. The molecule has 0 fully saturated rings. The van der Waals surface area contributed by atoms with Crippen LogP contribution < -0.4 is 5.32 Å². The van der Waals surface area contributed by atoms with E-state index >= 15 is 0 Å². The zero-order valence-corrected chi connectivity index (χ0v) is 16.1. The number of halogens is 1. The Morgan fingerprint density at radius 2 is 1.62 bits per heavy atom. The quantitative estimate of drug-likeness (QED) is 0.666. The molecule has 0 unspecified atom stereocenters. The maximum Gasteiger partial charge on any atom is 0.272 e. The molecule has 1 heterocycles. The second-order valence-corrected chi connectivity index (χ2v) is 6.49. The van der Waals surface area contributed by atoms with Gasteiger partial charge in [0.15, 0.2) is 0 Å². The molecule has 0 saturated carbocycles. The van der Waals surface area contributed by atoms with Crippen molar-refractivity contribution in [3.8, 4) is 0 Å². The summed E-state index contributed by atoms with van der Waals surface area (Å²) in [5, 5.41) is 2.64. The third kappa shape index (κ3) is 5.25. The topological polar surface area (TPSA) is 62.3 Å². The minimum atomic E-state index is -0.464. The van der Waals surface area contributed by atoms with Gasteiger partial charge in [-0.2, -0.15) is 0 Å². The molecule has 0 aliphatic carbocycles. The van der Waals surface area contributed by atoms with Crippen LogP contribution in [0.2, 0.25) is 0 Å². The molecule has 0 spiro atoms. The first-order valence-electron chi connectivity index (χ1n) is 9.40. The van der Waals surface area contributed by atoms with Crippen LogP contribution in [0.1, 0.15) is 39.0 Å². The van der Waals surface area contributed by atoms with Gasteiger partial charge in [0.2, 0.25) is 0 Å². The summed E-state index contributed by atoms with van der Waals surface area (Å²) >= 11 is 0. The summed E-state index contributed by atoms with van der Waals surface area (Å²) in [6, 6.07) is 20.6. The van der Waals surface area contributed by atoms with Crippen LogP contribution in [0.4, 0.5) is 4.39 Å². The summed E-state index contributed by atoms with van der Waals surface area (Å²) in [7, 11) is 0. The Morgan fingerprint density at radius 3 is 2.34 bits per heavy atom. The lowest BCUT2D eigenvalue weighted by molar-refractivity contribution is 0.0746. The van der Waals surface area contributed by atoms with Gasteiger partial charge in [-0.1, -0.05) is 54.6 Å². The standard InChI is InChI=1S/C23H22FN3O2/c1-2-27(16-17-9-4-3-5-10-17)23(29)21-14-8-13-20(26-21)22(28)25-15-18-11-6-7-12-19(18)24/h3-14H,2,15-16H2,1H3,(H,25,28). The van der Waals surface area contributed by atoms with Gasteiger partial charge >= 0.3 is 0 Å². The second-order valence-electron chi connectivity index (χ2n) is 6.49. The molecule has 1 aromatic heterocycles. The van der Waals surface area contributed by atoms with Gasteiger partial charge in [0.25, 0.3) is 11.8 Å². The number of pyridine rings is 1. The highest BCUT2D eigenvalue weighted by Crippen LogP contribution is 2.10. The van der Waals surface area contributed by atoms with E-state index in [-0.39, 0.29) is 29.7 Å². The van der Waals surface area contributed by atoms with Gasteiger partial charge in [0, 0.05) is 25.2 Å². The van der Waals surface area contributed by atoms with E-state index in [1.54, 1.807) is 35.2 Å². The smallest absolute Gasteiger partial charge is 0.272 e. The van der Waals surface area contributed by atoms with Crippen LogP contribution in [0.3, 0.4) is 0 Å². The first-order chi connectivity index (χ1) is 14.1. The first-order valence-corrected chi connectivity index (χ1v) is 9.40. The van der Waals surface area contributed by atoms with Gasteiger partial charge in [-0.25, -0.2) is 9.37 Å². The first kappa shape index (κ1) is 20.2. The molecule has 2 amide bonds. The number of carbonyl (C=O) groups is 2. The molecule has 0 bridgehead atoms. The van der Waals surface area contributed by atoms with Gasteiger partial charge in [-0.15, -0.1) is 0 Å². The third-order valence-electron chi connectivity index (χ3n) is 4.48. The Kier molecular flexibility index (Phi) is 6.68. The van der Waals surface area contributed by atoms with Crippen LogP contribution in [0.5, 0.6) is 0 Å². The molecule has 0 atom stereocenters. The van der Waals surface area contributed by atoms with Gasteiger partial charge in [0.1, 0.15) is 17.2 Å². The lowest BCUT2D eigenvalue weighted by atomic mass is 10.2. The summed E-state index contributed by atoms with van der Waals surface area (Å²) in [6.07, 6.45) is 0. The molecule has 148 valence electrons. The average molecular weight is 391 g/mol. The number of carbonyl (C=O) groups excluding carboxylic acids is 2. The fraction of sp³-hybridized carbons (Fsp3) is 0.174. The molecule has 0 aliphatic rings. The summed E-state index contributed by atoms with van der Waals surface area (Å²) < 4.78 is 13.7. The van der Waals surface area contributed by atoms with E-state index in [0.717, 1.165) is 5.56 Å². The van der Waals surface area contributed by atoms with E-state index in [1.807, 2.05) is 37.3 Å². The highest BCUT2D eigenvalue weighted by Gasteiger charge is 2.18. The highest BCUT2D eigenvalue weighted by atomic mass is 19.1. The molecule has 0 aliphatic heterocycles. The maximum absolute atomic E-state index is 13.7. The molecule has 0 radical (unpaired) electrons. The zero-order chi connectivity index (χ0) is 20.6. The van der Waals surface area contributed by atoms with E-state index < -0.39 is 5.91 Å². The number of rotatable bonds is 7. The van der Waals surface area contributed by atoms with Gasteiger partial charge in [0.05, 0.1) is 0 Å². The molecular weight excluding hydrogens is 369 g/mol. The SMILES string of the molecule is CCN(Cc1ccccc1)C(=O)c1cccc(C(=O)NCc2ccccc2F)n1. The van der Waals surface area contributed by atoms with Crippen molar-refractivity contribution in [2.24, 2.45) is 0 Å². The molecule has 3 rings (SSSR count). The number of hydrogen-bond donors (Lipinski definition) is 1. The van der Waals surface area contributed by atoms with Crippen molar-refractivity contribution < 1.29 is 14.0 Å². The number of aromatic nitrogens is 1. The van der Waals surface area contributed by atoms with Crippen molar-refractivity contribution in [1.82, 2.24) is 15.2 Å². The zero-order valence-electron chi connectivity index (χ0n) is 16.1. The molecule has 3 aromatic rings. The molecule has 1 N–H and O–H groups in total. The Morgan fingerprint density at radius 1 is 0.931 bits per heavy atom. The lowest BCUT2D eigenvalue weighted by Gasteiger charge is -2.20. The maximum atomic E-state index is 13.7. The minimum Gasteiger partial charge on any atom is -0.347 e. The number of amides is 2. The Hall–Kier alpha value is -3.54. The van der Waals surface area contributed by atoms with Crippen molar-refractivity contribution in [2.75, 3.05) is 6.54 Å². The molecule has 5 nitrogen and oxygen atoms in total. The molecule has 2 aromatic carbocycles. The number of nitrogens with one attached hydrogen (secondary N) is 1. The summed E-state index contributed by atoms with van der Waals surface area (Å²) in [5.41, 5.74) is 1.71. The van der Waals surface area contributed by atoms with Crippen LogP contribution in [0.15, 0.2) is 72.8 Å². The fourth-order valence-corrected chi connectivity index (χ4v) is 2.88. The molecule has 0 saturated heterocycles. The highest BCUT2D eigenvalue weighted by molar-refractivity contribution is 5.96. The summed E-state index contributed by atoms with van der Waals surface area (Å²) in [4.78, 5) is 31.2. The van der Waals surface area contributed by atoms with Gasteiger partial charge in [-0.05, 0) is 30.7 Å². The molecule has 6 heteroatoms. The summed E-state index contributed by atoms with van der Waals surface area (Å²) in [5.74, 6) is -1.10. The van der Waals surface area contributed by atoms with Crippen LogP contribution in [-0.2, 0) is 13.1 Å². The van der Waals surface area contributed by atoms with E-state index in [2.05, 4.69) is 10.3 Å². The molecule has 29 heavy (non-hydrogen) atoms. The largest absolute Gasteiger partial charge is 0.347 e. The predicted octanol–water partition coefficient (Wildman–Crippen LogP) is 3.81. The second kappa shape index (κ2) is 9.59. The van der Waals surface area contributed by atoms with E-state index in [1.165, 1.54) is 12.1 Å². The number of hydrogen-bond acceptors (Lipinski definition) is 3. The predicted molar refractivity (Wildman–Crippen MR) is 109 cm³/mol. The fourth-order valence-electron chi connectivity index (χ4n) is 2.88. The number of nitrogens with zero attached hydrogens (tertiary/aromatic N) is 2. The van der Waals surface area contributed by atoms with Crippen molar-refractivity contribution in [1.29, 1.82) is 0 Å².